The predicted molar refractivity (Wildman–Crippen MR) is 115 cm³/mol. The Kier molecular flexibility index (Phi) is 6.01. The highest BCUT2D eigenvalue weighted by Crippen LogP contribution is 2.24. The van der Waals surface area contributed by atoms with Crippen LogP contribution >= 0.6 is 12.2 Å². The Bertz CT molecular complexity index is 1060. The SMILES string of the molecule is Cc1cc(OCc2ccc(/C=C3/NC(=S)N(C[C@H]4CCCO4)C3=O)o2)ccc1[N+](=O)[O-]. The number of ether oxygens (including phenoxy) is 2. The molecule has 1 aromatic carbocycles. The first-order valence-corrected chi connectivity index (χ1v) is 10.2. The van der Waals surface area contributed by atoms with Gasteiger partial charge in [0.15, 0.2) is 5.11 Å². The molecule has 2 aliphatic rings. The summed E-state index contributed by atoms with van der Waals surface area (Å²) in [6.45, 7) is 2.95. The minimum absolute atomic E-state index is 0.0125. The molecule has 4 rings (SSSR count). The molecule has 31 heavy (non-hydrogen) atoms. The number of nitrogens with one attached hydrogen (secondary N) is 1. The van der Waals surface area contributed by atoms with Crippen LogP contribution in [-0.4, -0.2) is 40.1 Å². The standard InChI is InChI=1S/C21H21N3O6S/c1-13-9-14(6-7-19(13)24(26)27)29-12-17-5-4-15(30-17)10-18-20(25)23(21(31)22-18)11-16-3-2-8-28-16/h4-7,9-10,16H,2-3,8,11-12H2,1H3,(H,22,31)/b18-10+/t16-/m1/s1. The molecule has 10 heteroatoms. The maximum absolute atomic E-state index is 12.7. The van der Waals surface area contributed by atoms with Crippen molar-refractivity contribution in [2.45, 2.75) is 32.5 Å². The van der Waals surface area contributed by atoms with Gasteiger partial charge in [0.1, 0.15) is 29.6 Å². The fraction of sp³-hybridized carbons (Fsp3) is 0.333. The van der Waals surface area contributed by atoms with Gasteiger partial charge < -0.3 is 19.2 Å². The Morgan fingerprint density at radius 2 is 2.23 bits per heavy atom. The molecule has 2 fully saturated rings. The fourth-order valence-electron chi connectivity index (χ4n) is 3.50. The number of nitro groups is 1. The number of rotatable bonds is 7. The normalized spacial score (nSPS) is 19.8. The summed E-state index contributed by atoms with van der Waals surface area (Å²) in [4.78, 5) is 24.7. The zero-order valence-corrected chi connectivity index (χ0v) is 17.6. The number of amides is 1. The summed E-state index contributed by atoms with van der Waals surface area (Å²) < 4.78 is 17.0. The van der Waals surface area contributed by atoms with Crippen LogP contribution in [0.3, 0.4) is 0 Å². The van der Waals surface area contributed by atoms with Crippen molar-refractivity contribution in [1.29, 1.82) is 0 Å². The Morgan fingerprint density at radius 1 is 1.39 bits per heavy atom. The van der Waals surface area contributed by atoms with Crippen LogP contribution in [0.4, 0.5) is 5.69 Å². The van der Waals surface area contributed by atoms with Crippen molar-refractivity contribution in [2.24, 2.45) is 0 Å². The molecular weight excluding hydrogens is 422 g/mol. The van der Waals surface area contributed by atoms with Gasteiger partial charge in [-0.2, -0.15) is 0 Å². The number of thiocarbonyl (C=S) groups is 1. The Balaban J connectivity index is 1.38. The van der Waals surface area contributed by atoms with Gasteiger partial charge >= 0.3 is 0 Å². The third-order valence-electron chi connectivity index (χ3n) is 5.09. The second-order valence-corrected chi connectivity index (χ2v) is 7.72. The molecule has 2 aromatic rings. The largest absolute Gasteiger partial charge is 0.486 e. The summed E-state index contributed by atoms with van der Waals surface area (Å²) in [5.74, 6) is 1.32. The molecule has 2 aliphatic heterocycles. The van der Waals surface area contributed by atoms with E-state index in [4.69, 9.17) is 26.1 Å². The molecule has 1 atom stereocenters. The van der Waals surface area contributed by atoms with E-state index in [2.05, 4.69) is 5.32 Å². The van der Waals surface area contributed by atoms with Gasteiger partial charge in [0, 0.05) is 24.3 Å². The Hall–Kier alpha value is -3.24. The van der Waals surface area contributed by atoms with E-state index in [0.717, 1.165) is 12.8 Å². The number of aryl methyl sites for hydroxylation is 1. The highest BCUT2D eigenvalue weighted by Gasteiger charge is 2.33. The molecule has 1 amide bonds. The van der Waals surface area contributed by atoms with Gasteiger partial charge in [0.25, 0.3) is 11.6 Å². The molecule has 3 heterocycles. The summed E-state index contributed by atoms with van der Waals surface area (Å²) in [6, 6.07) is 8.03. The zero-order valence-electron chi connectivity index (χ0n) is 16.8. The van der Waals surface area contributed by atoms with Gasteiger partial charge in [-0.05, 0) is 56.2 Å². The molecule has 2 saturated heterocycles. The summed E-state index contributed by atoms with van der Waals surface area (Å²) >= 11 is 5.29. The van der Waals surface area contributed by atoms with E-state index in [1.807, 2.05) is 0 Å². The van der Waals surface area contributed by atoms with Crippen LogP contribution in [0.5, 0.6) is 5.75 Å². The predicted octanol–water partition coefficient (Wildman–Crippen LogP) is 3.31. The fourth-order valence-corrected chi connectivity index (χ4v) is 3.77. The van der Waals surface area contributed by atoms with E-state index in [-0.39, 0.29) is 24.3 Å². The summed E-state index contributed by atoms with van der Waals surface area (Å²) in [5, 5.41) is 14.2. The molecule has 0 aliphatic carbocycles. The number of hydrogen-bond donors (Lipinski definition) is 1. The lowest BCUT2D eigenvalue weighted by atomic mass is 10.2. The van der Waals surface area contributed by atoms with E-state index < -0.39 is 4.92 Å². The molecule has 0 saturated carbocycles. The number of furan rings is 1. The molecule has 0 unspecified atom stereocenters. The maximum Gasteiger partial charge on any atom is 0.276 e. The number of hydrogen-bond acceptors (Lipinski definition) is 7. The second kappa shape index (κ2) is 8.86. The molecule has 1 N–H and O–H groups in total. The van der Waals surface area contributed by atoms with Crippen LogP contribution in [0, 0.1) is 17.0 Å². The molecule has 9 nitrogen and oxygen atoms in total. The highest BCUT2D eigenvalue weighted by molar-refractivity contribution is 7.80. The van der Waals surface area contributed by atoms with Crippen molar-refractivity contribution in [1.82, 2.24) is 10.2 Å². The van der Waals surface area contributed by atoms with Gasteiger partial charge in [-0.25, -0.2) is 0 Å². The first kappa shape index (κ1) is 21.0. The molecule has 0 bridgehead atoms. The van der Waals surface area contributed by atoms with E-state index in [1.165, 1.54) is 11.0 Å². The highest BCUT2D eigenvalue weighted by atomic mass is 32.1. The Labute approximate surface area is 183 Å². The first-order valence-electron chi connectivity index (χ1n) is 9.83. The minimum Gasteiger partial charge on any atom is -0.486 e. The quantitative estimate of drug-likeness (QED) is 0.301. The number of nitrogens with zero attached hydrogens (tertiary/aromatic N) is 2. The molecule has 162 valence electrons. The van der Waals surface area contributed by atoms with Gasteiger partial charge in [-0.3, -0.25) is 19.8 Å². The van der Waals surface area contributed by atoms with E-state index in [1.54, 1.807) is 37.3 Å². The number of nitro benzene ring substituents is 1. The molecule has 0 spiro atoms. The number of benzene rings is 1. The average Bonchev–Trinajstić information content (AvgIpc) is 3.45. The third-order valence-corrected chi connectivity index (χ3v) is 5.41. The second-order valence-electron chi connectivity index (χ2n) is 7.34. The topological polar surface area (TPSA) is 107 Å². The molecule has 0 radical (unpaired) electrons. The average molecular weight is 443 g/mol. The van der Waals surface area contributed by atoms with Crippen LogP contribution in [0.1, 0.15) is 29.9 Å². The van der Waals surface area contributed by atoms with Crippen molar-refractivity contribution in [3.05, 3.63) is 63.2 Å². The summed E-state index contributed by atoms with van der Waals surface area (Å²) in [6.07, 6.45) is 3.52. The van der Waals surface area contributed by atoms with Gasteiger partial charge in [-0.15, -0.1) is 0 Å². The maximum atomic E-state index is 12.7. The first-order chi connectivity index (χ1) is 14.9. The van der Waals surface area contributed by atoms with Gasteiger partial charge in [-0.1, -0.05) is 0 Å². The van der Waals surface area contributed by atoms with E-state index in [9.17, 15) is 14.9 Å². The van der Waals surface area contributed by atoms with Crippen molar-refractivity contribution in [3.63, 3.8) is 0 Å². The van der Waals surface area contributed by atoms with Gasteiger partial charge in [0.2, 0.25) is 0 Å². The summed E-state index contributed by atoms with van der Waals surface area (Å²) in [5.41, 5.74) is 0.900. The Morgan fingerprint density at radius 3 is 2.94 bits per heavy atom. The van der Waals surface area contributed by atoms with E-state index in [0.29, 0.717) is 46.8 Å². The zero-order chi connectivity index (χ0) is 22.0. The van der Waals surface area contributed by atoms with E-state index >= 15 is 0 Å². The molecular formula is C21H21N3O6S. The van der Waals surface area contributed by atoms with Crippen LogP contribution in [0.2, 0.25) is 0 Å². The lowest BCUT2D eigenvalue weighted by Gasteiger charge is -2.18. The van der Waals surface area contributed by atoms with Crippen LogP contribution in [0.25, 0.3) is 6.08 Å². The number of carbonyl (C=O) groups excluding carboxylic acids is 1. The van der Waals surface area contributed by atoms with Crippen molar-refractivity contribution < 1.29 is 23.6 Å². The smallest absolute Gasteiger partial charge is 0.276 e. The van der Waals surface area contributed by atoms with Crippen LogP contribution in [0.15, 0.2) is 40.4 Å². The summed E-state index contributed by atoms with van der Waals surface area (Å²) in [7, 11) is 0. The van der Waals surface area contributed by atoms with Crippen LogP contribution in [-0.2, 0) is 16.1 Å². The molecule has 1 aromatic heterocycles. The van der Waals surface area contributed by atoms with Crippen molar-refractivity contribution >= 4 is 35.0 Å². The van der Waals surface area contributed by atoms with Crippen LogP contribution < -0.4 is 10.1 Å². The third kappa shape index (κ3) is 4.75. The van der Waals surface area contributed by atoms with Crippen molar-refractivity contribution in [2.75, 3.05) is 13.2 Å². The number of carbonyl (C=O) groups is 1. The minimum atomic E-state index is -0.433. The lowest BCUT2D eigenvalue weighted by Crippen LogP contribution is -2.37. The van der Waals surface area contributed by atoms with Crippen molar-refractivity contribution in [3.8, 4) is 5.75 Å². The lowest BCUT2D eigenvalue weighted by molar-refractivity contribution is -0.385. The monoisotopic (exact) mass is 443 g/mol. The van der Waals surface area contributed by atoms with Gasteiger partial charge in [0.05, 0.1) is 17.6 Å².